The van der Waals surface area contributed by atoms with Crippen molar-refractivity contribution in [3.63, 3.8) is 0 Å². The predicted molar refractivity (Wildman–Crippen MR) is 143 cm³/mol. The van der Waals surface area contributed by atoms with Crippen molar-refractivity contribution in [1.29, 1.82) is 0 Å². The molecule has 0 spiro atoms. The fourth-order valence-electron chi connectivity index (χ4n) is 4.49. The van der Waals surface area contributed by atoms with Crippen LogP contribution in [-0.4, -0.2) is 48.1 Å². The quantitative estimate of drug-likeness (QED) is 0.416. The van der Waals surface area contributed by atoms with Gasteiger partial charge in [-0.1, -0.05) is 62.4 Å². The van der Waals surface area contributed by atoms with Crippen molar-refractivity contribution in [2.24, 2.45) is 0 Å². The molecular weight excluding hydrogens is 436 g/mol. The summed E-state index contributed by atoms with van der Waals surface area (Å²) in [6.07, 6.45) is 1.56. The minimum absolute atomic E-state index is 0.214. The Morgan fingerprint density at radius 1 is 0.914 bits per heavy atom. The lowest BCUT2D eigenvalue weighted by atomic mass is 10.0. The number of benzene rings is 2. The molecule has 1 aromatic heterocycles. The molecular formula is C29H36N4O2. The Balaban J connectivity index is 1.59. The molecule has 4 rings (SSSR count). The van der Waals surface area contributed by atoms with Gasteiger partial charge in [-0.2, -0.15) is 0 Å². The number of ether oxygens (including phenoxy) is 1. The Morgan fingerprint density at radius 3 is 2.29 bits per heavy atom. The maximum Gasteiger partial charge on any atom is 0.344 e. The molecule has 6 nitrogen and oxygen atoms in total. The van der Waals surface area contributed by atoms with Crippen LogP contribution in [0, 0.1) is 0 Å². The maximum atomic E-state index is 13.3. The van der Waals surface area contributed by atoms with Crippen molar-refractivity contribution in [1.82, 2.24) is 9.88 Å². The molecule has 0 atom stereocenters. The van der Waals surface area contributed by atoms with E-state index in [2.05, 4.69) is 70.3 Å². The Hall–Kier alpha value is -3.38. The van der Waals surface area contributed by atoms with Crippen molar-refractivity contribution < 1.29 is 9.53 Å². The van der Waals surface area contributed by atoms with Crippen LogP contribution in [0.25, 0.3) is 0 Å². The molecule has 184 valence electrons. The molecule has 0 unspecified atom stereocenters. The van der Waals surface area contributed by atoms with Gasteiger partial charge in [-0.15, -0.1) is 0 Å². The number of nitrogens with one attached hydrogen (secondary N) is 1. The van der Waals surface area contributed by atoms with Crippen LogP contribution in [0.5, 0.6) is 0 Å². The molecule has 0 bridgehead atoms. The Bertz CT molecular complexity index is 1120. The zero-order valence-corrected chi connectivity index (χ0v) is 21.2. The zero-order chi connectivity index (χ0) is 24.8. The van der Waals surface area contributed by atoms with Gasteiger partial charge < -0.3 is 15.0 Å². The number of nitrogens with zero attached hydrogens (tertiary/aromatic N) is 3. The number of hydrogen-bond donors (Lipinski definition) is 1. The normalized spacial score (nSPS) is 14.4. The van der Waals surface area contributed by atoms with E-state index in [1.54, 1.807) is 6.20 Å². The average molecular weight is 473 g/mol. The number of piperazine rings is 1. The molecule has 1 saturated heterocycles. The molecule has 0 aliphatic carbocycles. The monoisotopic (exact) mass is 472 g/mol. The summed E-state index contributed by atoms with van der Waals surface area (Å²) in [6.45, 7) is 12.4. The Labute approximate surface area is 208 Å². The number of hydrogen-bond acceptors (Lipinski definition) is 6. The van der Waals surface area contributed by atoms with Crippen LogP contribution in [0.15, 0.2) is 66.9 Å². The third-order valence-electron chi connectivity index (χ3n) is 6.25. The lowest BCUT2D eigenvalue weighted by Gasteiger charge is -2.36. The fourth-order valence-corrected chi connectivity index (χ4v) is 4.49. The number of carbonyl (C=O) groups excluding carboxylic acids is 1. The van der Waals surface area contributed by atoms with Gasteiger partial charge in [0.1, 0.15) is 11.4 Å². The van der Waals surface area contributed by atoms with Crippen LogP contribution in [0.1, 0.15) is 55.1 Å². The SMILES string of the molecule is CC(C)OC(=O)c1c(Nc2ccccc2C(C)C)ccnc1N1CCN(Cc2ccccc2)CC1. The van der Waals surface area contributed by atoms with Gasteiger partial charge in [-0.05, 0) is 43.0 Å². The number of para-hydroxylation sites is 1. The molecule has 2 heterocycles. The van der Waals surface area contributed by atoms with Crippen LogP contribution in [0.2, 0.25) is 0 Å². The molecule has 6 heteroatoms. The molecule has 1 aliphatic rings. The summed E-state index contributed by atoms with van der Waals surface area (Å²) in [5, 5.41) is 3.52. The lowest BCUT2D eigenvalue weighted by Crippen LogP contribution is -2.46. The van der Waals surface area contributed by atoms with Gasteiger partial charge in [0.2, 0.25) is 0 Å². The van der Waals surface area contributed by atoms with Gasteiger partial charge in [0.25, 0.3) is 0 Å². The van der Waals surface area contributed by atoms with Crippen LogP contribution >= 0.6 is 0 Å². The maximum absolute atomic E-state index is 13.3. The van der Waals surface area contributed by atoms with E-state index in [0.29, 0.717) is 17.3 Å². The van der Waals surface area contributed by atoms with Crippen molar-refractivity contribution >= 4 is 23.2 Å². The van der Waals surface area contributed by atoms with E-state index in [1.165, 1.54) is 11.1 Å². The van der Waals surface area contributed by atoms with Crippen molar-refractivity contribution in [3.05, 3.63) is 83.6 Å². The smallest absolute Gasteiger partial charge is 0.344 e. The standard InChI is InChI=1S/C29H36N4O2/c1-21(2)24-12-8-9-13-25(24)31-26-14-15-30-28(27(26)29(34)35-22(3)4)33-18-16-32(17-19-33)20-23-10-6-5-7-11-23/h5-15,21-22H,16-20H2,1-4H3,(H,30,31). The number of aromatic nitrogens is 1. The first-order valence-electron chi connectivity index (χ1n) is 12.5. The number of anilines is 3. The summed E-state index contributed by atoms with van der Waals surface area (Å²) >= 11 is 0. The summed E-state index contributed by atoms with van der Waals surface area (Å²) in [6, 6.07) is 20.6. The van der Waals surface area contributed by atoms with Gasteiger partial charge >= 0.3 is 5.97 Å². The molecule has 1 fully saturated rings. The molecule has 1 N–H and O–H groups in total. The molecule has 3 aromatic rings. The highest BCUT2D eigenvalue weighted by Gasteiger charge is 2.27. The minimum atomic E-state index is -0.348. The van der Waals surface area contributed by atoms with Gasteiger partial charge in [-0.3, -0.25) is 4.90 Å². The summed E-state index contributed by atoms with van der Waals surface area (Å²) in [7, 11) is 0. The first-order chi connectivity index (χ1) is 16.9. The van der Waals surface area contributed by atoms with E-state index in [1.807, 2.05) is 38.1 Å². The topological polar surface area (TPSA) is 57.7 Å². The second-order valence-corrected chi connectivity index (χ2v) is 9.63. The van der Waals surface area contributed by atoms with E-state index in [4.69, 9.17) is 4.74 Å². The number of esters is 1. The van der Waals surface area contributed by atoms with Crippen LogP contribution in [-0.2, 0) is 11.3 Å². The fraction of sp³-hybridized carbons (Fsp3) is 0.379. The molecule has 1 aliphatic heterocycles. The summed E-state index contributed by atoms with van der Waals surface area (Å²) in [4.78, 5) is 22.6. The van der Waals surface area contributed by atoms with Crippen LogP contribution in [0.4, 0.5) is 17.2 Å². The van der Waals surface area contributed by atoms with E-state index in [-0.39, 0.29) is 12.1 Å². The van der Waals surface area contributed by atoms with Crippen LogP contribution in [0.3, 0.4) is 0 Å². The number of pyridine rings is 1. The molecule has 2 aromatic carbocycles. The number of rotatable bonds is 8. The second-order valence-electron chi connectivity index (χ2n) is 9.63. The predicted octanol–water partition coefficient (Wildman–Crippen LogP) is 5.84. The van der Waals surface area contributed by atoms with Crippen molar-refractivity contribution in [2.45, 2.75) is 46.3 Å². The molecule has 35 heavy (non-hydrogen) atoms. The molecule has 0 radical (unpaired) electrons. The zero-order valence-electron chi connectivity index (χ0n) is 21.2. The highest BCUT2D eigenvalue weighted by atomic mass is 16.5. The van der Waals surface area contributed by atoms with E-state index in [9.17, 15) is 4.79 Å². The van der Waals surface area contributed by atoms with Crippen LogP contribution < -0.4 is 10.2 Å². The lowest BCUT2D eigenvalue weighted by molar-refractivity contribution is 0.0379. The van der Waals surface area contributed by atoms with E-state index < -0.39 is 0 Å². The first kappa shape index (κ1) is 24.7. The summed E-state index contributed by atoms with van der Waals surface area (Å²) in [5.41, 5.74) is 4.72. The summed E-state index contributed by atoms with van der Waals surface area (Å²) < 4.78 is 5.67. The van der Waals surface area contributed by atoms with Gasteiger partial charge in [-0.25, -0.2) is 9.78 Å². The number of carbonyl (C=O) groups is 1. The average Bonchev–Trinajstić information content (AvgIpc) is 2.85. The third-order valence-corrected chi connectivity index (χ3v) is 6.25. The third kappa shape index (κ3) is 6.20. The highest BCUT2D eigenvalue weighted by molar-refractivity contribution is 6.01. The minimum Gasteiger partial charge on any atom is -0.459 e. The van der Waals surface area contributed by atoms with E-state index in [0.717, 1.165) is 44.1 Å². The van der Waals surface area contributed by atoms with Crippen molar-refractivity contribution in [2.75, 3.05) is 36.4 Å². The first-order valence-corrected chi connectivity index (χ1v) is 12.5. The summed E-state index contributed by atoms with van der Waals surface area (Å²) in [5.74, 6) is 0.685. The largest absolute Gasteiger partial charge is 0.459 e. The van der Waals surface area contributed by atoms with E-state index >= 15 is 0 Å². The molecule has 0 saturated carbocycles. The Kier molecular flexibility index (Phi) is 8.03. The van der Waals surface area contributed by atoms with Crippen molar-refractivity contribution in [3.8, 4) is 0 Å². The van der Waals surface area contributed by atoms with Gasteiger partial charge in [0.05, 0.1) is 11.8 Å². The highest BCUT2D eigenvalue weighted by Crippen LogP contribution is 2.33. The Morgan fingerprint density at radius 2 is 1.60 bits per heavy atom. The van der Waals surface area contributed by atoms with Gasteiger partial charge in [0.15, 0.2) is 0 Å². The second kappa shape index (κ2) is 11.4. The van der Waals surface area contributed by atoms with Gasteiger partial charge in [0, 0.05) is 44.6 Å². The molecule has 0 amide bonds.